The molecule has 0 spiro atoms. The minimum Gasteiger partial charge on any atom is -0.299 e. The summed E-state index contributed by atoms with van der Waals surface area (Å²) in [5.41, 5.74) is 1.07. The molecule has 1 heterocycles. The smallest absolute Gasteiger partial charge is 0.196 e. The molecule has 1 aromatic heterocycles. The second-order valence-electron chi connectivity index (χ2n) is 5.16. The van der Waals surface area contributed by atoms with Gasteiger partial charge in [0.15, 0.2) is 5.16 Å². The minimum absolute atomic E-state index is 0.103. The van der Waals surface area contributed by atoms with Gasteiger partial charge in [0, 0.05) is 11.6 Å². The zero-order valence-corrected chi connectivity index (χ0v) is 12.4. The van der Waals surface area contributed by atoms with Crippen molar-refractivity contribution in [3.8, 4) is 5.69 Å². The SMILES string of the molecule is CC(=O)C(C)Sc1nnc(C2CC2)n1-c1ccccc1. The maximum absolute atomic E-state index is 11.5. The van der Waals surface area contributed by atoms with Crippen LogP contribution in [0, 0.1) is 0 Å². The van der Waals surface area contributed by atoms with Gasteiger partial charge in [-0.1, -0.05) is 30.0 Å². The van der Waals surface area contributed by atoms with Crippen LogP contribution in [-0.2, 0) is 4.79 Å². The van der Waals surface area contributed by atoms with Crippen LogP contribution < -0.4 is 0 Å². The normalized spacial score (nSPS) is 16.1. The third-order valence-corrected chi connectivity index (χ3v) is 4.63. The van der Waals surface area contributed by atoms with Crippen molar-refractivity contribution >= 4 is 17.5 Å². The highest BCUT2D eigenvalue weighted by molar-refractivity contribution is 8.00. The van der Waals surface area contributed by atoms with Crippen LogP contribution in [0.3, 0.4) is 0 Å². The van der Waals surface area contributed by atoms with Crippen LogP contribution in [0.4, 0.5) is 0 Å². The lowest BCUT2D eigenvalue weighted by Gasteiger charge is -2.11. The molecule has 0 amide bonds. The molecular formula is C15H17N3OS. The van der Waals surface area contributed by atoms with Gasteiger partial charge in [0.1, 0.15) is 11.6 Å². The number of rotatable bonds is 5. The van der Waals surface area contributed by atoms with Crippen LogP contribution >= 0.6 is 11.8 Å². The van der Waals surface area contributed by atoms with Crippen LogP contribution in [0.5, 0.6) is 0 Å². The lowest BCUT2D eigenvalue weighted by Crippen LogP contribution is -2.10. The number of thioether (sulfide) groups is 1. The molecule has 0 bridgehead atoms. The van der Waals surface area contributed by atoms with Gasteiger partial charge in [0.05, 0.1) is 5.25 Å². The molecule has 4 nitrogen and oxygen atoms in total. The van der Waals surface area contributed by atoms with E-state index in [9.17, 15) is 4.79 Å². The topological polar surface area (TPSA) is 47.8 Å². The van der Waals surface area contributed by atoms with Gasteiger partial charge in [-0.3, -0.25) is 9.36 Å². The summed E-state index contributed by atoms with van der Waals surface area (Å²) in [6.45, 7) is 3.52. The van der Waals surface area contributed by atoms with Crippen molar-refractivity contribution in [3.63, 3.8) is 0 Å². The molecule has 0 aliphatic heterocycles. The summed E-state index contributed by atoms with van der Waals surface area (Å²) >= 11 is 1.48. The van der Waals surface area contributed by atoms with E-state index in [1.807, 2.05) is 25.1 Å². The molecule has 1 atom stereocenters. The van der Waals surface area contributed by atoms with Gasteiger partial charge in [-0.2, -0.15) is 0 Å². The first kappa shape index (κ1) is 13.4. The summed E-state index contributed by atoms with van der Waals surface area (Å²) in [6, 6.07) is 10.1. The number of ketones is 1. The number of hydrogen-bond acceptors (Lipinski definition) is 4. The summed E-state index contributed by atoms with van der Waals surface area (Å²) in [4.78, 5) is 11.5. The quantitative estimate of drug-likeness (QED) is 0.792. The molecule has 5 heteroatoms. The molecule has 1 aliphatic carbocycles. The Morgan fingerprint density at radius 3 is 2.60 bits per heavy atom. The van der Waals surface area contributed by atoms with Gasteiger partial charge >= 0.3 is 0 Å². The lowest BCUT2D eigenvalue weighted by atomic mass is 10.3. The Bertz CT molecular complexity index is 619. The van der Waals surface area contributed by atoms with E-state index in [1.165, 1.54) is 24.6 Å². The first-order valence-electron chi connectivity index (χ1n) is 6.84. The van der Waals surface area contributed by atoms with E-state index in [-0.39, 0.29) is 11.0 Å². The fourth-order valence-electron chi connectivity index (χ4n) is 2.02. The Kier molecular flexibility index (Phi) is 3.61. The van der Waals surface area contributed by atoms with Crippen molar-refractivity contribution < 1.29 is 4.79 Å². The molecule has 2 aromatic rings. The second kappa shape index (κ2) is 5.40. The number of benzene rings is 1. The van der Waals surface area contributed by atoms with Gasteiger partial charge in [0.25, 0.3) is 0 Å². The first-order chi connectivity index (χ1) is 9.66. The van der Waals surface area contributed by atoms with E-state index in [0.717, 1.165) is 16.7 Å². The highest BCUT2D eigenvalue weighted by Gasteiger charge is 2.31. The molecule has 1 unspecified atom stereocenters. The zero-order chi connectivity index (χ0) is 14.1. The van der Waals surface area contributed by atoms with E-state index in [1.54, 1.807) is 6.92 Å². The fourth-order valence-corrected chi connectivity index (χ4v) is 2.90. The molecule has 20 heavy (non-hydrogen) atoms. The summed E-state index contributed by atoms with van der Waals surface area (Å²) in [5, 5.41) is 9.35. The highest BCUT2D eigenvalue weighted by atomic mass is 32.2. The third kappa shape index (κ3) is 2.63. The minimum atomic E-state index is -0.103. The van der Waals surface area contributed by atoms with Gasteiger partial charge in [-0.25, -0.2) is 0 Å². The zero-order valence-electron chi connectivity index (χ0n) is 11.6. The lowest BCUT2D eigenvalue weighted by molar-refractivity contribution is -0.116. The van der Waals surface area contributed by atoms with Crippen molar-refractivity contribution in [3.05, 3.63) is 36.2 Å². The van der Waals surface area contributed by atoms with E-state index in [2.05, 4.69) is 26.9 Å². The second-order valence-corrected chi connectivity index (χ2v) is 6.46. The van der Waals surface area contributed by atoms with Gasteiger partial charge in [0.2, 0.25) is 0 Å². The van der Waals surface area contributed by atoms with Crippen LogP contribution in [0.2, 0.25) is 0 Å². The summed E-state index contributed by atoms with van der Waals surface area (Å²) in [7, 11) is 0. The predicted molar refractivity (Wildman–Crippen MR) is 79.3 cm³/mol. The molecule has 1 aromatic carbocycles. The van der Waals surface area contributed by atoms with E-state index in [0.29, 0.717) is 5.92 Å². The number of aromatic nitrogens is 3. The van der Waals surface area contributed by atoms with Gasteiger partial charge in [-0.05, 0) is 38.8 Å². The number of hydrogen-bond donors (Lipinski definition) is 0. The van der Waals surface area contributed by atoms with Crippen molar-refractivity contribution in [1.29, 1.82) is 0 Å². The van der Waals surface area contributed by atoms with Crippen LogP contribution in [0.1, 0.15) is 38.4 Å². The summed E-state index contributed by atoms with van der Waals surface area (Å²) in [5.74, 6) is 1.70. The molecule has 0 N–H and O–H groups in total. The van der Waals surface area contributed by atoms with E-state index >= 15 is 0 Å². The molecule has 1 fully saturated rings. The summed E-state index contributed by atoms with van der Waals surface area (Å²) in [6.07, 6.45) is 2.36. The van der Waals surface area contributed by atoms with Crippen LogP contribution in [-0.4, -0.2) is 25.8 Å². The Morgan fingerprint density at radius 2 is 2.00 bits per heavy atom. The average Bonchev–Trinajstić information content (AvgIpc) is 3.21. The Morgan fingerprint density at radius 1 is 1.30 bits per heavy atom. The Labute approximate surface area is 122 Å². The van der Waals surface area contributed by atoms with E-state index < -0.39 is 0 Å². The average molecular weight is 287 g/mol. The molecule has 3 rings (SSSR count). The molecular weight excluding hydrogens is 270 g/mol. The molecule has 104 valence electrons. The number of carbonyl (C=O) groups excluding carboxylic acids is 1. The van der Waals surface area contributed by atoms with Crippen LogP contribution in [0.15, 0.2) is 35.5 Å². The Balaban J connectivity index is 2.00. The largest absolute Gasteiger partial charge is 0.299 e. The Hall–Kier alpha value is -1.62. The van der Waals surface area contributed by atoms with E-state index in [4.69, 9.17) is 0 Å². The number of para-hydroxylation sites is 1. The van der Waals surface area contributed by atoms with Crippen molar-refractivity contribution in [2.75, 3.05) is 0 Å². The maximum atomic E-state index is 11.5. The van der Waals surface area contributed by atoms with Crippen molar-refractivity contribution in [1.82, 2.24) is 14.8 Å². The van der Waals surface area contributed by atoms with Crippen molar-refractivity contribution in [2.24, 2.45) is 0 Å². The molecule has 0 radical (unpaired) electrons. The monoisotopic (exact) mass is 287 g/mol. The molecule has 1 saturated carbocycles. The van der Waals surface area contributed by atoms with Crippen LogP contribution in [0.25, 0.3) is 5.69 Å². The molecule has 0 saturated heterocycles. The number of carbonyl (C=O) groups is 1. The number of Topliss-reactive ketones (excluding diaryl/α,β-unsaturated/α-hetero) is 1. The van der Waals surface area contributed by atoms with Crippen molar-refractivity contribution in [2.45, 2.75) is 43.0 Å². The first-order valence-corrected chi connectivity index (χ1v) is 7.72. The standard InChI is InChI=1S/C15H17N3OS/c1-10(19)11(2)20-15-17-16-14(12-8-9-12)18(15)13-6-4-3-5-7-13/h3-7,11-12H,8-9H2,1-2H3. The van der Waals surface area contributed by atoms with Gasteiger partial charge in [-0.15, -0.1) is 10.2 Å². The fraction of sp³-hybridized carbons (Fsp3) is 0.400. The number of nitrogens with zero attached hydrogens (tertiary/aromatic N) is 3. The highest BCUT2D eigenvalue weighted by Crippen LogP contribution is 2.41. The third-order valence-electron chi connectivity index (χ3n) is 3.47. The molecule has 1 aliphatic rings. The van der Waals surface area contributed by atoms with Gasteiger partial charge < -0.3 is 0 Å². The maximum Gasteiger partial charge on any atom is 0.196 e. The summed E-state index contributed by atoms with van der Waals surface area (Å²) < 4.78 is 2.10. The predicted octanol–water partition coefficient (Wildman–Crippen LogP) is 3.21.